The van der Waals surface area contributed by atoms with Gasteiger partial charge in [-0.15, -0.1) is 0 Å². The molecule has 412 valence electrons. The highest BCUT2D eigenvalue weighted by molar-refractivity contribution is 7.85. The summed E-state index contributed by atoms with van der Waals surface area (Å²) >= 11 is 0. The van der Waals surface area contributed by atoms with Gasteiger partial charge in [0.2, 0.25) is 5.91 Å². The number of nitrogens with zero attached hydrogens (tertiary/aromatic N) is 2. The number of hydrogen-bond acceptors (Lipinski definition) is 6. The average molecular weight is 996 g/mol. The lowest BCUT2D eigenvalue weighted by molar-refractivity contribution is -0.130. The van der Waals surface area contributed by atoms with Gasteiger partial charge in [0.25, 0.3) is 0 Å². The van der Waals surface area contributed by atoms with Crippen LogP contribution in [0.5, 0.6) is 0 Å². The smallest absolute Gasteiger partial charge is 0.219 e. The van der Waals surface area contributed by atoms with Gasteiger partial charge in [-0.1, -0.05) is 144 Å². The number of likely N-dealkylation sites (tertiary alicyclic amines) is 1. The highest BCUT2D eigenvalue weighted by Crippen LogP contribution is 2.41. The Morgan fingerprint density at radius 2 is 0.812 bits per heavy atom. The van der Waals surface area contributed by atoms with E-state index < -0.39 is 10.8 Å². The van der Waals surface area contributed by atoms with E-state index in [0.717, 1.165) is 126 Å². The monoisotopic (exact) mass is 995 g/mol. The van der Waals surface area contributed by atoms with Crippen molar-refractivity contribution < 1.29 is 23.2 Å². The van der Waals surface area contributed by atoms with Gasteiger partial charge in [0.15, 0.2) is 0 Å². The van der Waals surface area contributed by atoms with Crippen LogP contribution in [0.15, 0.2) is 0 Å². The van der Waals surface area contributed by atoms with Crippen molar-refractivity contribution in [2.45, 2.75) is 241 Å². The fraction of sp³-hybridized carbons (Fsp3) is 0.984. The zero-order valence-electron chi connectivity index (χ0n) is 50.5. The number of carbonyl (C=O) groups excluding carboxylic acids is 1. The predicted octanol–water partition coefficient (Wildman–Crippen LogP) is 15.8. The maximum atomic E-state index is 11.1. The summed E-state index contributed by atoms with van der Waals surface area (Å²) < 4.78 is 26.9. The molecule has 0 bridgehead atoms. The molecule has 0 aromatic heterocycles. The van der Waals surface area contributed by atoms with Gasteiger partial charge in [0.1, 0.15) is 0 Å². The van der Waals surface area contributed by atoms with E-state index >= 15 is 0 Å². The van der Waals surface area contributed by atoms with Crippen molar-refractivity contribution >= 4 is 16.7 Å². The first-order valence-corrected chi connectivity index (χ1v) is 30.0. The minimum atomic E-state index is -0.496. The van der Waals surface area contributed by atoms with Crippen LogP contribution in [-0.4, -0.2) is 103 Å². The first-order valence-electron chi connectivity index (χ1n) is 28.5. The SMILES string of the molecule is CC(=O)N1CCC(C(C)(C)C)CC1.CC(C)(C)C1CCC1.CC(C)(C)C1CCOC1.CC(C)(C)C1CCOCC1.CC(C)(C)C1CCS(=O)CC1.CC(C)(C)CC1CC1.CC(C)(C)N1CCOCC1. The fourth-order valence-electron chi connectivity index (χ4n) is 10.2. The van der Waals surface area contributed by atoms with E-state index in [0.29, 0.717) is 38.0 Å². The Morgan fingerprint density at radius 1 is 0.449 bits per heavy atom. The molecule has 0 spiro atoms. The van der Waals surface area contributed by atoms with Crippen LogP contribution in [0.4, 0.5) is 0 Å². The van der Waals surface area contributed by atoms with Gasteiger partial charge in [-0.2, -0.15) is 0 Å². The molecule has 5 aliphatic heterocycles. The maximum absolute atomic E-state index is 11.1. The second-order valence-corrected chi connectivity index (χ2v) is 31.5. The molecule has 5 heterocycles. The quantitative estimate of drug-likeness (QED) is 0.261. The molecule has 0 N–H and O–H groups in total. The van der Waals surface area contributed by atoms with E-state index in [1.807, 2.05) is 4.90 Å². The third-order valence-corrected chi connectivity index (χ3v) is 17.6. The Hall–Kier alpha value is -0.540. The van der Waals surface area contributed by atoms with E-state index in [1.165, 1.54) is 70.6 Å². The number of piperidine rings is 1. The van der Waals surface area contributed by atoms with Gasteiger partial charge in [0.05, 0.1) is 13.2 Å². The van der Waals surface area contributed by atoms with Crippen molar-refractivity contribution in [1.29, 1.82) is 0 Å². The lowest BCUT2D eigenvalue weighted by atomic mass is 9.69. The molecule has 2 aliphatic carbocycles. The number of amides is 1. The minimum Gasteiger partial charge on any atom is -0.381 e. The van der Waals surface area contributed by atoms with Crippen LogP contribution in [0.2, 0.25) is 0 Å². The molecule has 1 amide bonds. The first-order chi connectivity index (χ1) is 31.4. The van der Waals surface area contributed by atoms with Crippen molar-refractivity contribution in [2.24, 2.45) is 68.0 Å². The van der Waals surface area contributed by atoms with E-state index in [2.05, 4.69) is 150 Å². The summed E-state index contributed by atoms with van der Waals surface area (Å²) in [7, 11) is -0.496. The van der Waals surface area contributed by atoms with Gasteiger partial charge in [-0.25, -0.2) is 0 Å². The lowest BCUT2D eigenvalue weighted by Gasteiger charge is -2.38. The Labute approximate surface area is 434 Å². The number of rotatable bonds is 1. The van der Waals surface area contributed by atoms with Crippen LogP contribution in [0.3, 0.4) is 0 Å². The number of carbonyl (C=O) groups is 1. The molecule has 7 rings (SSSR count). The standard InChI is InChI=1S/C11H21NO.C9H18OS.C9H18O.C8H17NO.C8H16O.2C8H16/c1-9(13)12-7-5-10(6-8-12)11(2,3)4;1-9(2,3)8-4-6-11(10)7-5-8;1-9(2,3)8-4-6-10-7-5-8;1-8(2,3)9-4-6-10-7-5-9;1-8(2,3)7-4-5-9-6-7;1-8(2,3)6-7-4-5-7;1-8(2,3)7-5-4-6-7/h10H,5-8H2,1-4H3;8H,4-7H2,1-3H3;8H,4-7H2,1-3H3;4-7H2,1-3H3;7H,4-6H2,1-3H3;2*7H,4-6H2,1-3H3. The van der Waals surface area contributed by atoms with Crippen LogP contribution in [0.1, 0.15) is 236 Å². The summed E-state index contributed by atoms with van der Waals surface area (Å²) in [6, 6.07) is 0. The van der Waals surface area contributed by atoms with Crippen LogP contribution in [0.25, 0.3) is 0 Å². The molecule has 0 radical (unpaired) electrons. The normalized spacial score (nSPS) is 24.8. The first kappa shape index (κ1) is 66.5. The average Bonchev–Trinajstić information content (AvgIpc) is 3.80. The molecule has 1 unspecified atom stereocenters. The molecule has 1 atom stereocenters. The summed E-state index contributed by atoms with van der Waals surface area (Å²) in [4.78, 5) is 15.5. The second kappa shape index (κ2) is 30.1. The number of ether oxygens (including phenoxy) is 3. The van der Waals surface area contributed by atoms with Crippen molar-refractivity contribution in [2.75, 3.05) is 77.3 Å². The Bertz CT molecular complexity index is 1330. The zero-order chi connectivity index (χ0) is 53.1. The zero-order valence-corrected chi connectivity index (χ0v) is 51.3. The largest absolute Gasteiger partial charge is 0.381 e. The third-order valence-electron chi connectivity index (χ3n) is 16.3. The number of morpholine rings is 1. The van der Waals surface area contributed by atoms with E-state index in [4.69, 9.17) is 14.2 Å². The van der Waals surface area contributed by atoms with Gasteiger partial charge < -0.3 is 19.1 Å². The molecule has 7 aliphatic rings. The van der Waals surface area contributed by atoms with E-state index in [-0.39, 0.29) is 5.91 Å². The summed E-state index contributed by atoms with van der Waals surface area (Å²) in [6.45, 7) is 59.7. The molecule has 7 fully saturated rings. The predicted molar refractivity (Wildman–Crippen MR) is 302 cm³/mol. The summed E-state index contributed by atoms with van der Waals surface area (Å²) in [5, 5.41) is 0. The molecule has 7 nitrogen and oxygen atoms in total. The summed E-state index contributed by atoms with van der Waals surface area (Å²) in [6.07, 6.45) is 17.3. The van der Waals surface area contributed by atoms with Crippen molar-refractivity contribution in [3.05, 3.63) is 0 Å². The van der Waals surface area contributed by atoms with Crippen molar-refractivity contribution in [3.8, 4) is 0 Å². The molecule has 5 saturated heterocycles. The highest BCUT2D eigenvalue weighted by atomic mass is 32.2. The van der Waals surface area contributed by atoms with Gasteiger partial charge >= 0.3 is 0 Å². The van der Waals surface area contributed by atoms with Gasteiger partial charge in [0, 0.05) is 87.4 Å². The van der Waals surface area contributed by atoms with Gasteiger partial charge in [-0.3, -0.25) is 13.9 Å². The highest BCUT2D eigenvalue weighted by Gasteiger charge is 2.32. The molecule has 2 saturated carbocycles. The molecule has 69 heavy (non-hydrogen) atoms. The maximum Gasteiger partial charge on any atom is 0.219 e. The molecular formula is C61H122N2O5S. The molecule has 0 aromatic rings. The fourth-order valence-corrected chi connectivity index (χ4v) is 11.5. The minimum absolute atomic E-state index is 0.229. The summed E-state index contributed by atoms with van der Waals surface area (Å²) in [5.74, 6) is 7.45. The van der Waals surface area contributed by atoms with Gasteiger partial charge in [-0.05, 0) is 153 Å². The summed E-state index contributed by atoms with van der Waals surface area (Å²) in [5.41, 5.74) is 3.27. The van der Waals surface area contributed by atoms with Crippen molar-refractivity contribution in [3.63, 3.8) is 0 Å². The van der Waals surface area contributed by atoms with Crippen molar-refractivity contribution in [1.82, 2.24) is 9.80 Å². The molecule has 8 heteroatoms. The second-order valence-electron chi connectivity index (χ2n) is 29.8. The van der Waals surface area contributed by atoms with E-state index in [1.54, 1.807) is 6.92 Å². The van der Waals surface area contributed by atoms with Crippen LogP contribution in [-0.2, 0) is 29.8 Å². The van der Waals surface area contributed by atoms with Crippen LogP contribution in [0, 0.1) is 68.0 Å². The Kier molecular flexibility index (Phi) is 29.0. The Morgan fingerprint density at radius 3 is 1.06 bits per heavy atom. The van der Waals surface area contributed by atoms with Crippen LogP contribution < -0.4 is 0 Å². The van der Waals surface area contributed by atoms with Crippen LogP contribution >= 0.6 is 0 Å². The number of hydrogen-bond donors (Lipinski definition) is 0. The molecule has 0 aromatic carbocycles. The Balaban J connectivity index is 0.000000405. The third kappa shape index (κ3) is 31.1. The molecular weight excluding hydrogens is 873 g/mol. The van der Waals surface area contributed by atoms with E-state index in [9.17, 15) is 9.00 Å². The lowest BCUT2D eigenvalue weighted by Crippen LogP contribution is -2.47. The topological polar surface area (TPSA) is 68.3 Å².